The zero-order chi connectivity index (χ0) is 26.7. The number of hydrogen-bond acceptors (Lipinski definition) is 3. The highest BCUT2D eigenvalue weighted by atomic mass is 19.4. The van der Waals surface area contributed by atoms with Crippen molar-refractivity contribution in [2.45, 2.75) is 26.1 Å². The fourth-order valence-corrected chi connectivity index (χ4v) is 4.82. The van der Waals surface area contributed by atoms with Gasteiger partial charge in [-0.15, -0.1) is 0 Å². The average molecular weight is 518 g/mol. The highest BCUT2D eigenvalue weighted by Crippen LogP contribution is 2.38. The molecule has 194 valence electrons. The molecule has 0 fully saturated rings. The summed E-state index contributed by atoms with van der Waals surface area (Å²) in [6, 6.07) is 26.2. The van der Waals surface area contributed by atoms with E-state index < -0.39 is 17.7 Å². The zero-order valence-corrected chi connectivity index (χ0v) is 20.8. The minimum atomic E-state index is -4.50. The third kappa shape index (κ3) is 4.96. The number of ether oxygens (including phenoxy) is 2. The largest absolute Gasteiger partial charge is 0.493 e. The van der Waals surface area contributed by atoms with Gasteiger partial charge in [-0.25, -0.2) is 4.79 Å². The summed E-state index contributed by atoms with van der Waals surface area (Å²) in [5.41, 5.74) is 0.945. The lowest BCUT2D eigenvalue weighted by Gasteiger charge is -2.14. The van der Waals surface area contributed by atoms with E-state index in [0.717, 1.165) is 34.2 Å². The smallest absolute Gasteiger partial charge is 0.416 e. The monoisotopic (exact) mass is 517 g/mol. The molecular formula is C31H26F3NO3. The van der Waals surface area contributed by atoms with Crippen molar-refractivity contribution in [2.75, 3.05) is 13.2 Å². The number of aromatic nitrogens is 1. The first-order valence-corrected chi connectivity index (χ1v) is 12.4. The van der Waals surface area contributed by atoms with Gasteiger partial charge in [0.1, 0.15) is 11.4 Å². The fourth-order valence-electron chi connectivity index (χ4n) is 4.82. The standard InChI is InChI=1S/C31H26F3NO3/c1-2-37-30(36)29-28(22-12-7-13-23(20-22)31(32,33)34)25-15-5-6-16-26(25)35(29)18-9-19-38-27-17-8-11-21-10-3-4-14-24(21)27/h3-8,10-17,20H,2,9,18-19H2,1H3. The molecule has 1 aromatic heterocycles. The van der Waals surface area contributed by atoms with Gasteiger partial charge < -0.3 is 14.0 Å². The van der Waals surface area contributed by atoms with E-state index in [1.54, 1.807) is 13.0 Å². The third-order valence-corrected chi connectivity index (χ3v) is 6.45. The van der Waals surface area contributed by atoms with Gasteiger partial charge in [-0.05, 0) is 48.6 Å². The molecule has 0 amide bonds. The summed E-state index contributed by atoms with van der Waals surface area (Å²) >= 11 is 0. The first kappa shape index (κ1) is 25.4. The number of aryl methyl sites for hydroxylation is 1. The van der Waals surface area contributed by atoms with E-state index in [2.05, 4.69) is 0 Å². The molecular weight excluding hydrogens is 491 g/mol. The van der Waals surface area contributed by atoms with E-state index in [1.807, 2.05) is 71.3 Å². The molecule has 0 spiro atoms. The minimum absolute atomic E-state index is 0.145. The summed E-state index contributed by atoms with van der Waals surface area (Å²) in [6.07, 6.45) is -3.94. The number of halogens is 3. The number of esters is 1. The van der Waals surface area contributed by atoms with Crippen LogP contribution in [0.2, 0.25) is 0 Å². The van der Waals surface area contributed by atoms with Crippen molar-refractivity contribution >= 4 is 27.6 Å². The maximum atomic E-state index is 13.5. The number of benzene rings is 4. The second kappa shape index (κ2) is 10.6. The molecule has 4 aromatic carbocycles. The molecule has 0 radical (unpaired) electrons. The molecule has 1 heterocycles. The van der Waals surface area contributed by atoms with Gasteiger partial charge in [0.25, 0.3) is 0 Å². The Morgan fingerprint density at radius 3 is 2.37 bits per heavy atom. The number of hydrogen-bond donors (Lipinski definition) is 0. The Balaban J connectivity index is 1.51. The van der Waals surface area contributed by atoms with Crippen LogP contribution in [-0.2, 0) is 17.5 Å². The summed E-state index contributed by atoms with van der Waals surface area (Å²) in [6.45, 7) is 2.65. The van der Waals surface area contributed by atoms with Crippen molar-refractivity contribution in [1.29, 1.82) is 0 Å². The van der Waals surface area contributed by atoms with Gasteiger partial charge in [-0.1, -0.05) is 66.7 Å². The number of rotatable bonds is 8. The number of carbonyl (C=O) groups is 1. The summed E-state index contributed by atoms with van der Waals surface area (Å²) in [4.78, 5) is 13.2. The van der Waals surface area contributed by atoms with Crippen LogP contribution in [0.25, 0.3) is 32.8 Å². The molecule has 7 heteroatoms. The SMILES string of the molecule is CCOC(=O)c1c(-c2cccc(C(F)(F)F)c2)c2ccccc2n1CCCOc1cccc2ccccc12. The van der Waals surface area contributed by atoms with E-state index in [9.17, 15) is 18.0 Å². The molecule has 0 unspecified atom stereocenters. The first-order valence-electron chi connectivity index (χ1n) is 12.4. The van der Waals surface area contributed by atoms with Crippen molar-refractivity contribution in [1.82, 2.24) is 4.57 Å². The fraction of sp³-hybridized carbons (Fsp3) is 0.194. The molecule has 0 saturated carbocycles. The Labute approximate surface area is 218 Å². The summed E-state index contributed by atoms with van der Waals surface area (Å²) in [5.74, 6) is 0.196. The Morgan fingerprint density at radius 2 is 1.58 bits per heavy atom. The van der Waals surface area contributed by atoms with Gasteiger partial charge in [-0.2, -0.15) is 13.2 Å². The Hall–Kier alpha value is -4.26. The van der Waals surface area contributed by atoms with E-state index in [0.29, 0.717) is 36.1 Å². The van der Waals surface area contributed by atoms with Crippen LogP contribution in [0.3, 0.4) is 0 Å². The number of fused-ring (bicyclic) bond motifs is 2. The van der Waals surface area contributed by atoms with Crippen molar-refractivity contribution in [3.63, 3.8) is 0 Å². The van der Waals surface area contributed by atoms with Gasteiger partial charge in [0.15, 0.2) is 0 Å². The molecule has 0 aliphatic carbocycles. The lowest BCUT2D eigenvalue weighted by molar-refractivity contribution is -0.137. The Bertz CT molecular complexity index is 1600. The highest BCUT2D eigenvalue weighted by Gasteiger charge is 2.32. The van der Waals surface area contributed by atoms with Crippen LogP contribution in [0, 0.1) is 0 Å². The summed E-state index contributed by atoms with van der Waals surface area (Å²) in [5, 5.41) is 2.78. The van der Waals surface area contributed by atoms with Gasteiger partial charge >= 0.3 is 12.1 Å². The van der Waals surface area contributed by atoms with Crippen LogP contribution in [0.15, 0.2) is 91.0 Å². The molecule has 0 aliphatic rings. The summed E-state index contributed by atoms with van der Waals surface area (Å²) in [7, 11) is 0. The predicted octanol–water partition coefficient (Wildman–Crippen LogP) is 8.13. The van der Waals surface area contributed by atoms with E-state index in [-0.39, 0.29) is 12.3 Å². The molecule has 5 aromatic rings. The van der Waals surface area contributed by atoms with Gasteiger partial charge in [0, 0.05) is 28.4 Å². The number of para-hydroxylation sites is 1. The topological polar surface area (TPSA) is 40.5 Å². The van der Waals surface area contributed by atoms with Crippen molar-refractivity contribution in [3.05, 3.63) is 102 Å². The third-order valence-electron chi connectivity index (χ3n) is 6.45. The second-order valence-electron chi connectivity index (χ2n) is 8.87. The van der Waals surface area contributed by atoms with Crippen molar-refractivity contribution in [2.24, 2.45) is 0 Å². The highest BCUT2D eigenvalue weighted by molar-refractivity contribution is 6.08. The second-order valence-corrected chi connectivity index (χ2v) is 8.87. The normalized spacial score (nSPS) is 11.7. The molecule has 4 nitrogen and oxygen atoms in total. The molecule has 0 bridgehead atoms. The number of nitrogens with zero attached hydrogens (tertiary/aromatic N) is 1. The van der Waals surface area contributed by atoms with Gasteiger partial charge in [0.05, 0.1) is 18.8 Å². The molecule has 38 heavy (non-hydrogen) atoms. The maximum absolute atomic E-state index is 13.5. The molecule has 0 N–H and O–H groups in total. The predicted molar refractivity (Wildman–Crippen MR) is 142 cm³/mol. The van der Waals surface area contributed by atoms with Crippen LogP contribution in [0.1, 0.15) is 29.4 Å². The van der Waals surface area contributed by atoms with Crippen LogP contribution < -0.4 is 4.74 Å². The zero-order valence-electron chi connectivity index (χ0n) is 20.8. The molecule has 0 saturated heterocycles. The first-order chi connectivity index (χ1) is 18.4. The minimum Gasteiger partial charge on any atom is -0.493 e. The number of carbonyl (C=O) groups excluding carboxylic acids is 1. The van der Waals surface area contributed by atoms with Crippen LogP contribution in [-0.4, -0.2) is 23.8 Å². The average Bonchev–Trinajstić information content (AvgIpc) is 3.25. The Kier molecular flexibility index (Phi) is 7.09. The lowest BCUT2D eigenvalue weighted by Crippen LogP contribution is -2.15. The van der Waals surface area contributed by atoms with Gasteiger partial charge in [0.2, 0.25) is 0 Å². The molecule has 5 rings (SSSR count). The number of alkyl halides is 3. The quantitative estimate of drug-likeness (QED) is 0.154. The van der Waals surface area contributed by atoms with Crippen LogP contribution in [0.4, 0.5) is 13.2 Å². The van der Waals surface area contributed by atoms with Crippen LogP contribution in [0.5, 0.6) is 5.75 Å². The lowest BCUT2D eigenvalue weighted by atomic mass is 9.99. The Morgan fingerprint density at radius 1 is 0.868 bits per heavy atom. The van der Waals surface area contributed by atoms with E-state index in [4.69, 9.17) is 9.47 Å². The van der Waals surface area contributed by atoms with E-state index >= 15 is 0 Å². The van der Waals surface area contributed by atoms with Crippen LogP contribution >= 0.6 is 0 Å². The van der Waals surface area contributed by atoms with E-state index in [1.165, 1.54) is 6.07 Å². The van der Waals surface area contributed by atoms with Gasteiger partial charge in [-0.3, -0.25) is 0 Å². The molecule has 0 aliphatic heterocycles. The van der Waals surface area contributed by atoms with Crippen molar-refractivity contribution < 1.29 is 27.4 Å². The maximum Gasteiger partial charge on any atom is 0.416 e. The summed E-state index contributed by atoms with van der Waals surface area (Å²) < 4.78 is 53.8. The van der Waals surface area contributed by atoms with Crippen molar-refractivity contribution in [3.8, 4) is 16.9 Å². The molecule has 0 atom stereocenters.